The van der Waals surface area contributed by atoms with Crippen LogP contribution in [0.25, 0.3) is 10.8 Å². The van der Waals surface area contributed by atoms with Gasteiger partial charge in [0.25, 0.3) is 0 Å². The first-order valence-electron chi connectivity index (χ1n) is 3.79. The third-order valence-corrected chi connectivity index (χ3v) is 2.50. The number of alkyl halides is 1. The Balaban J connectivity index is 0.000000845. The number of rotatable bonds is 1. The molecule has 0 spiro atoms. The van der Waals surface area contributed by atoms with Gasteiger partial charge in [-0.15, -0.1) is 17.0 Å². The molecule has 1 heterocycles. The fraction of sp³-hybridized carbons (Fsp3) is 0.100. The lowest BCUT2D eigenvalue weighted by Crippen LogP contribution is -1.83. The Kier molecular flexibility index (Phi) is 3.88. The number of benzene rings is 1. The number of hydrogen-bond acceptors (Lipinski definition) is 1. The second-order valence-electron chi connectivity index (χ2n) is 2.65. The molecule has 0 bridgehead atoms. The fourth-order valence-corrected chi connectivity index (χ4v) is 1.73. The van der Waals surface area contributed by atoms with E-state index in [1.54, 1.807) is 0 Å². The van der Waals surface area contributed by atoms with Gasteiger partial charge in [-0.05, 0) is 10.9 Å². The van der Waals surface area contributed by atoms with Crippen molar-refractivity contribution in [1.29, 1.82) is 0 Å². The van der Waals surface area contributed by atoms with E-state index in [0.717, 1.165) is 5.33 Å². The van der Waals surface area contributed by atoms with Gasteiger partial charge in [-0.2, -0.15) is 0 Å². The summed E-state index contributed by atoms with van der Waals surface area (Å²) in [6, 6.07) is 8.28. The second-order valence-corrected chi connectivity index (χ2v) is 3.21. The van der Waals surface area contributed by atoms with Crippen LogP contribution in [-0.4, -0.2) is 4.98 Å². The van der Waals surface area contributed by atoms with Crippen LogP contribution in [-0.2, 0) is 5.33 Å². The van der Waals surface area contributed by atoms with E-state index >= 15 is 0 Å². The number of pyridine rings is 1. The zero-order valence-electron chi connectivity index (χ0n) is 6.90. The number of nitrogens with zero attached hydrogens (tertiary/aromatic N) is 1. The molecule has 13 heavy (non-hydrogen) atoms. The Morgan fingerprint density at radius 3 is 2.69 bits per heavy atom. The van der Waals surface area contributed by atoms with Crippen LogP contribution in [0, 0.1) is 0 Å². The maximum absolute atomic E-state index is 4.15. The SMILES string of the molecule is Br.BrCc1cncc2ccccc12. The molecule has 0 saturated carbocycles. The lowest BCUT2D eigenvalue weighted by Gasteiger charge is -2.00. The third kappa shape index (κ3) is 2.09. The molecule has 0 radical (unpaired) electrons. The second kappa shape index (κ2) is 4.72. The van der Waals surface area contributed by atoms with Gasteiger partial charge in [0.05, 0.1) is 0 Å². The molecule has 3 heteroatoms. The largest absolute Gasteiger partial charge is 0.264 e. The highest BCUT2D eigenvalue weighted by molar-refractivity contribution is 9.08. The minimum absolute atomic E-state index is 0. The number of hydrogen-bond donors (Lipinski definition) is 0. The van der Waals surface area contributed by atoms with Crippen molar-refractivity contribution in [2.75, 3.05) is 0 Å². The van der Waals surface area contributed by atoms with Crippen LogP contribution in [0.3, 0.4) is 0 Å². The van der Waals surface area contributed by atoms with Crippen molar-refractivity contribution in [1.82, 2.24) is 4.98 Å². The summed E-state index contributed by atoms with van der Waals surface area (Å²) in [7, 11) is 0. The van der Waals surface area contributed by atoms with Gasteiger partial charge in [-0.25, -0.2) is 0 Å². The first kappa shape index (κ1) is 10.7. The Morgan fingerprint density at radius 2 is 1.92 bits per heavy atom. The van der Waals surface area contributed by atoms with Crippen molar-refractivity contribution in [2.24, 2.45) is 0 Å². The highest BCUT2D eigenvalue weighted by Crippen LogP contribution is 2.18. The van der Waals surface area contributed by atoms with Crippen LogP contribution in [0.5, 0.6) is 0 Å². The molecule has 0 amide bonds. The molecule has 1 nitrogen and oxygen atoms in total. The molecule has 68 valence electrons. The van der Waals surface area contributed by atoms with Gasteiger partial charge in [-0.1, -0.05) is 40.2 Å². The minimum Gasteiger partial charge on any atom is -0.264 e. The monoisotopic (exact) mass is 301 g/mol. The van der Waals surface area contributed by atoms with E-state index in [9.17, 15) is 0 Å². The zero-order valence-corrected chi connectivity index (χ0v) is 10.2. The van der Waals surface area contributed by atoms with E-state index in [0.29, 0.717) is 0 Å². The van der Waals surface area contributed by atoms with Crippen LogP contribution < -0.4 is 0 Å². The summed E-state index contributed by atoms with van der Waals surface area (Å²) in [6.45, 7) is 0. The predicted octanol–water partition coefficient (Wildman–Crippen LogP) is 3.71. The third-order valence-electron chi connectivity index (χ3n) is 1.89. The summed E-state index contributed by atoms with van der Waals surface area (Å²) in [5, 5.41) is 3.35. The molecule has 0 fully saturated rings. The van der Waals surface area contributed by atoms with Gasteiger partial charge in [0.15, 0.2) is 0 Å². The van der Waals surface area contributed by atoms with Crippen molar-refractivity contribution in [3.63, 3.8) is 0 Å². The van der Waals surface area contributed by atoms with Crippen molar-refractivity contribution in [2.45, 2.75) is 5.33 Å². The molecule has 1 aromatic heterocycles. The van der Waals surface area contributed by atoms with Crippen molar-refractivity contribution >= 4 is 43.7 Å². The molecule has 2 rings (SSSR count). The summed E-state index contributed by atoms with van der Waals surface area (Å²) >= 11 is 3.44. The van der Waals surface area contributed by atoms with Crippen molar-refractivity contribution in [3.05, 3.63) is 42.2 Å². The van der Waals surface area contributed by atoms with E-state index in [-0.39, 0.29) is 17.0 Å². The van der Waals surface area contributed by atoms with Crippen LogP contribution in [0.1, 0.15) is 5.56 Å². The molecule has 0 N–H and O–H groups in total. The van der Waals surface area contributed by atoms with Gasteiger partial charge < -0.3 is 0 Å². The van der Waals surface area contributed by atoms with Gasteiger partial charge in [-0.3, -0.25) is 4.98 Å². The van der Waals surface area contributed by atoms with Gasteiger partial charge in [0.1, 0.15) is 0 Å². The van der Waals surface area contributed by atoms with Crippen LogP contribution in [0.15, 0.2) is 36.7 Å². The van der Waals surface area contributed by atoms with Crippen LogP contribution in [0.2, 0.25) is 0 Å². The van der Waals surface area contributed by atoms with E-state index < -0.39 is 0 Å². The normalized spacial score (nSPS) is 9.62. The predicted molar refractivity (Wildman–Crippen MR) is 64.7 cm³/mol. The minimum atomic E-state index is 0. The number of halogens is 2. The van der Waals surface area contributed by atoms with Crippen LogP contribution in [0.4, 0.5) is 0 Å². The summed E-state index contributed by atoms with van der Waals surface area (Å²) in [5.74, 6) is 0. The quantitative estimate of drug-likeness (QED) is 0.732. The molecule has 0 aliphatic rings. The number of aromatic nitrogens is 1. The number of fused-ring (bicyclic) bond motifs is 1. The molecular weight excluding hydrogens is 294 g/mol. The zero-order chi connectivity index (χ0) is 8.39. The topological polar surface area (TPSA) is 12.9 Å². The molecule has 0 saturated heterocycles. The summed E-state index contributed by atoms with van der Waals surface area (Å²) in [5.41, 5.74) is 1.24. The summed E-state index contributed by atoms with van der Waals surface area (Å²) in [6.07, 6.45) is 3.79. The van der Waals surface area contributed by atoms with E-state index in [1.165, 1.54) is 16.3 Å². The summed E-state index contributed by atoms with van der Waals surface area (Å²) in [4.78, 5) is 4.15. The molecular formula is C10H9Br2N. The smallest absolute Gasteiger partial charge is 0.0346 e. The highest BCUT2D eigenvalue weighted by Gasteiger charge is 1.97. The molecule has 0 aliphatic carbocycles. The lowest BCUT2D eigenvalue weighted by atomic mass is 10.1. The Bertz CT molecular complexity index is 396. The van der Waals surface area contributed by atoms with Crippen LogP contribution >= 0.6 is 32.9 Å². The molecule has 2 aromatic rings. The lowest BCUT2D eigenvalue weighted by molar-refractivity contribution is 1.30. The first-order valence-corrected chi connectivity index (χ1v) is 4.91. The van der Waals surface area contributed by atoms with Gasteiger partial charge in [0, 0.05) is 23.1 Å². The standard InChI is InChI=1S/C10H8BrN.BrH/c11-5-9-7-12-6-8-3-1-2-4-10(8)9;/h1-4,6-7H,5H2;1H. The average molecular weight is 303 g/mol. The van der Waals surface area contributed by atoms with Crippen molar-refractivity contribution < 1.29 is 0 Å². The van der Waals surface area contributed by atoms with E-state index in [4.69, 9.17) is 0 Å². The summed E-state index contributed by atoms with van der Waals surface area (Å²) < 4.78 is 0. The van der Waals surface area contributed by atoms with E-state index in [2.05, 4.69) is 39.1 Å². The molecule has 0 aliphatic heterocycles. The Hall–Kier alpha value is -0.410. The average Bonchev–Trinajstić information content (AvgIpc) is 2.17. The van der Waals surface area contributed by atoms with Crippen molar-refractivity contribution in [3.8, 4) is 0 Å². The maximum atomic E-state index is 4.15. The molecule has 0 atom stereocenters. The first-order chi connectivity index (χ1) is 5.92. The highest BCUT2D eigenvalue weighted by atomic mass is 79.9. The Morgan fingerprint density at radius 1 is 1.15 bits per heavy atom. The van der Waals surface area contributed by atoms with Gasteiger partial charge in [0.2, 0.25) is 0 Å². The molecule has 1 aromatic carbocycles. The van der Waals surface area contributed by atoms with E-state index in [1.807, 2.05) is 18.5 Å². The fourth-order valence-electron chi connectivity index (χ4n) is 1.29. The Labute approximate surface area is 96.1 Å². The maximum Gasteiger partial charge on any atom is 0.0346 e. The molecule has 0 unspecified atom stereocenters. The van der Waals surface area contributed by atoms with Gasteiger partial charge >= 0.3 is 0 Å².